The number of aromatic amines is 1. The molecule has 1 aromatic heterocycles. The quantitative estimate of drug-likeness (QED) is 0.724. The topological polar surface area (TPSA) is 69.2 Å². The monoisotopic (exact) mass is 341 g/mol. The fourth-order valence-corrected chi connectivity index (χ4v) is 2.88. The van der Waals surface area contributed by atoms with E-state index in [1.54, 1.807) is 4.90 Å². The number of carbonyl (C=O) groups excluding carboxylic acids is 1. The molecule has 3 aromatic rings. The van der Waals surface area contributed by atoms with E-state index < -0.39 is 5.82 Å². The number of hydrogen-bond donors (Lipinski definition) is 2. The van der Waals surface area contributed by atoms with E-state index in [9.17, 15) is 14.3 Å². The fraction of sp³-hybridized carbons (Fsp3) is 0.263. The zero-order chi connectivity index (χ0) is 17.8. The van der Waals surface area contributed by atoms with Crippen LogP contribution >= 0.6 is 0 Å². The van der Waals surface area contributed by atoms with Crippen molar-refractivity contribution in [2.24, 2.45) is 0 Å². The number of aliphatic hydroxyl groups is 1. The Morgan fingerprint density at radius 1 is 1.32 bits per heavy atom. The third-order valence-electron chi connectivity index (χ3n) is 4.25. The Morgan fingerprint density at radius 3 is 2.80 bits per heavy atom. The summed E-state index contributed by atoms with van der Waals surface area (Å²) in [5.74, 6) is -0.795. The maximum atomic E-state index is 13.9. The smallest absolute Gasteiger partial charge is 0.256 e. The molecule has 0 bridgehead atoms. The summed E-state index contributed by atoms with van der Waals surface area (Å²) < 4.78 is 13.9. The van der Waals surface area contributed by atoms with Crippen LogP contribution in [0.3, 0.4) is 0 Å². The Labute approximate surface area is 145 Å². The molecule has 130 valence electrons. The van der Waals surface area contributed by atoms with Gasteiger partial charge >= 0.3 is 0 Å². The van der Waals surface area contributed by atoms with Crippen LogP contribution in [-0.2, 0) is 6.54 Å². The Hall–Kier alpha value is -2.73. The highest BCUT2D eigenvalue weighted by Crippen LogP contribution is 2.22. The second kappa shape index (κ2) is 7.44. The molecule has 0 saturated heterocycles. The summed E-state index contributed by atoms with van der Waals surface area (Å²) in [7, 11) is 0. The predicted octanol–water partition coefficient (Wildman–Crippen LogP) is 3.12. The zero-order valence-corrected chi connectivity index (χ0v) is 13.9. The van der Waals surface area contributed by atoms with Gasteiger partial charge in [-0.25, -0.2) is 9.37 Å². The summed E-state index contributed by atoms with van der Waals surface area (Å²) >= 11 is 0. The van der Waals surface area contributed by atoms with Gasteiger partial charge in [-0.1, -0.05) is 30.3 Å². The van der Waals surface area contributed by atoms with Gasteiger partial charge in [0.2, 0.25) is 0 Å². The summed E-state index contributed by atoms with van der Waals surface area (Å²) in [6.45, 7) is 2.22. The highest BCUT2D eigenvalue weighted by Gasteiger charge is 2.24. The second-order valence-corrected chi connectivity index (χ2v) is 6.03. The van der Waals surface area contributed by atoms with E-state index in [4.69, 9.17) is 0 Å². The van der Waals surface area contributed by atoms with Gasteiger partial charge in [-0.15, -0.1) is 0 Å². The summed E-state index contributed by atoms with van der Waals surface area (Å²) in [4.78, 5) is 21.8. The van der Waals surface area contributed by atoms with Crippen LogP contribution in [0.4, 0.5) is 4.39 Å². The van der Waals surface area contributed by atoms with Crippen molar-refractivity contribution < 1.29 is 14.3 Å². The van der Waals surface area contributed by atoms with Crippen molar-refractivity contribution in [3.63, 3.8) is 0 Å². The number of H-pyrrole nitrogens is 1. The van der Waals surface area contributed by atoms with Gasteiger partial charge in [0, 0.05) is 19.2 Å². The Bertz CT molecular complexity index is 863. The molecule has 0 aliphatic heterocycles. The molecular weight excluding hydrogens is 321 g/mol. The lowest BCUT2D eigenvalue weighted by molar-refractivity contribution is 0.0650. The largest absolute Gasteiger partial charge is 0.396 e. The number of halogens is 1. The van der Waals surface area contributed by atoms with Crippen LogP contribution in [0, 0.1) is 5.82 Å². The molecular formula is C19H20FN3O2. The average molecular weight is 341 g/mol. The lowest BCUT2D eigenvalue weighted by Gasteiger charge is -2.29. The Kier molecular flexibility index (Phi) is 5.09. The summed E-state index contributed by atoms with van der Waals surface area (Å²) in [6, 6.07) is 11.9. The molecule has 0 aliphatic carbocycles. The van der Waals surface area contributed by atoms with E-state index in [-0.39, 0.29) is 24.1 Å². The van der Waals surface area contributed by atoms with E-state index in [0.717, 1.165) is 5.56 Å². The molecule has 0 spiro atoms. The van der Waals surface area contributed by atoms with Crippen LogP contribution < -0.4 is 0 Å². The SMILES string of the molecule is CC(CCO)N(Cc1ccccc1)C(=O)c1cc(F)cc2[nH]cnc12. The molecule has 0 fully saturated rings. The molecule has 5 nitrogen and oxygen atoms in total. The number of imidazole rings is 1. The van der Waals surface area contributed by atoms with Crippen molar-refractivity contribution in [3.8, 4) is 0 Å². The van der Waals surface area contributed by atoms with Crippen LogP contribution in [0.25, 0.3) is 11.0 Å². The van der Waals surface area contributed by atoms with Crippen LogP contribution in [0.5, 0.6) is 0 Å². The third-order valence-corrected chi connectivity index (χ3v) is 4.25. The van der Waals surface area contributed by atoms with Crippen LogP contribution in [-0.4, -0.2) is 38.5 Å². The van der Waals surface area contributed by atoms with E-state index in [2.05, 4.69) is 9.97 Å². The van der Waals surface area contributed by atoms with Crippen LogP contribution in [0.2, 0.25) is 0 Å². The standard InChI is InChI=1S/C19H20FN3O2/c1-13(7-8-24)23(11-14-5-3-2-4-6-14)19(25)16-9-15(20)10-17-18(16)22-12-21-17/h2-6,9-10,12-13,24H,7-8,11H2,1H3,(H,21,22). The maximum Gasteiger partial charge on any atom is 0.256 e. The zero-order valence-electron chi connectivity index (χ0n) is 13.9. The molecule has 2 N–H and O–H groups in total. The number of nitrogens with one attached hydrogen (secondary N) is 1. The van der Waals surface area contributed by atoms with E-state index in [0.29, 0.717) is 24.0 Å². The first-order valence-electron chi connectivity index (χ1n) is 8.18. The van der Waals surface area contributed by atoms with Gasteiger partial charge < -0.3 is 15.0 Å². The number of nitrogens with zero attached hydrogens (tertiary/aromatic N) is 2. The molecule has 0 aliphatic rings. The first kappa shape index (κ1) is 17.1. The first-order valence-corrected chi connectivity index (χ1v) is 8.18. The van der Waals surface area contributed by atoms with Crippen molar-refractivity contribution in [1.29, 1.82) is 0 Å². The van der Waals surface area contributed by atoms with Crippen LogP contribution in [0.15, 0.2) is 48.8 Å². The Morgan fingerprint density at radius 2 is 2.08 bits per heavy atom. The Balaban J connectivity index is 1.99. The fourth-order valence-electron chi connectivity index (χ4n) is 2.88. The van der Waals surface area contributed by atoms with E-state index >= 15 is 0 Å². The van der Waals surface area contributed by atoms with Gasteiger partial charge in [-0.05, 0) is 31.0 Å². The molecule has 1 amide bonds. The number of benzene rings is 2. The van der Waals surface area contributed by atoms with Crippen molar-refractivity contribution in [1.82, 2.24) is 14.9 Å². The van der Waals surface area contributed by atoms with Crippen molar-refractivity contribution >= 4 is 16.9 Å². The molecule has 3 rings (SSSR count). The van der Waals surface area contributed by atoms with Crippen molar-refractivity contribution in [2.75, 3.05) is 6.61 Å². The number of hydrogen-bond acceptors (Lipinski definition) is 3. The average Bonchev–Trinajstić information content (AvgIpc) is 3.07. The number of amides is 1. The van der Waals surface area contributed by atoms with Crippen molar-refractivity contribution in [3.05, 3.63) is 65.7 Å². The minimum atomic E-state index is -0.491. The molecule has 0 radical (unpaired) electrons. The predicted molar refractivity (Wildman–Crippen MR) is 93.5 cm³/mol. The van der Waals surface area contributed by atoms with E-state index in [1.807, 2.05) is 37.3 Å². The van der Waals surface area contributed by atoms with Gasteiger partial charge in [-0.2, -0.15) is 0 Å². The summed E-state index contributed by atoms with van der Waals surface area (Å²) in [5, 5.41) is 9.27. The van der Waals surface area contributed by atoms with E-state index in [1.165, 1.54) is 18.5 Å². The molecule has 0 saturated carbocycles. The normalized spacial score (nSPS) is 12.3. The number of rotatable bonds is 6. The second-order valence-electron chi connectivity index (χ2n) is 6.03. The third kappa shape index (κ3) is 3.69. The molecule has 6 heteroatoms. The van der Waals surface area contributed by atoms with Gasteiger partial charge in [0.1, 0.15) is 11.3 Å². The lowest BCUT2D eigenvalue weighted by Crippen LogP contribution is -2.38. The van der Waals surface area contributed by atoms with Crippen molar-refractivity contribution in [2.45, 2.75) is 25.9 Å². The number of aliphatic hydroxyl groups excluding tert-OH is 1. The van der Waals surface area contributed by atoms with Gasteiger partial charge in [-0.3, -0.25) is 4.79 Å². The summed E-state index contributed by atoms with van der Waals surface area (Å²) in [6.07, 6.45) is 1.89. The van der Waals surface area contributed by atoms with Gasteiger partial charge in [0.15, 0.2) is 0 Å². The lowest BCUT2D eigenvalue weighted by atomic mass is 10.1. The molecule has 1 unspecified atom stereocenters. The number of aromatic nitrogens is 2. The first-order chi connectivity index (χ1) is 12.1. The highest BCUT2D eigenvalue weighted by atomic mass is 19.1. The minimum absolute atomic E-state index is 0.0271. The maximum absolute atomic E-state index is 13.9. The number of fused-ring (bicyclic) bond motifs is 1. The molecule has 2 aromatic carbocycles. The number of carbonyl (C=O) groups is 1. The molecule has 1 atom stereocenters. The molecule has 1 heterocycles. The van der Waals surface area contributed by atoms with Gasteiger partial charge in [0.05, 0.1) is 17.4 Å². The highest BCUT2D eigenvalue weighted by molar-refractivity contribution is 6.04. The minimum Gasteiger partial charge on any atom is -0.396 e. The molecule has 25 heavy (non-hydrogen) atoms. The van der Waals surface area contributed by atoms with Crippen LogP contribution in [0.1, 0.15) is 29.3 Å². The summed E-state index contributed by atoms with van der Waals surface area (Å²) in [5.41, 5.74) is 2.12. The van der Waals surface area contributed by atoms with Gasteiger partial charge in [0.25, 0.3) is 5.91 Å².